The van der Waals surface area contributed by atoms with E-state index in [4.69, 9.17) is 0 Å². The van der Waals surface area contributed by atoms with Crippen molar-refractivity contribution in [1.29, 1.82) is 0 Å². The molecule has 3 rings (SSSR count). The topological polar surface area (TPSA) is 36.1 Å². The van der Waals surface area contributed by atoms with Crippen molar-refractivity contribution in [3.8, 4) is 0 Å². The van der Waals surface area contributed by atoms with Gasteiger partial charge in [-0.1, -0.05) is 19.3 Å². The van der Waals surface area contributed by atoms with Gasteiger partial charge in [0.05, 0.1) is 6.17 Å². The van der Waals surface area contributed by atoms with Crippen molar-refractivity contribution in [2.45, 2.75) is 67.5 Å². The number of thioether (sulfide) groups is 2. The maximum absolute atomic E-state index is 3.91. The van der Waals surface area contributed by atoms with Crippen LogP contribution in [0, 0.1) is 0 Å². The van der Waals surface area contributed by atoms with E-state index in [0.717, 1.165) is 11.3 Å². The molecule has 0 aromatic heterocycles. The van der Waals surface area contributed by atoms with Crippen LogP contribution in [0.3, 0.4) is 0 Å². The van der Waals surface area contributed by atoms with E-state index in [1.54, 1.807) is 0 Å². The molecule has 18 heavy (non-hydrogen) atoms. The quantitative estimate of drug-likeness (QED) is 0.740. The summed E-state index contributed by atoms with van der Waals surface area (Å²) in [6.45, 7) is 0. The molecule has 3 N–H and O–H groups in total. The predicted molar refractivity (Wildman–Crippen MR) is 82.0 cm³/mol. The first-order valence-electron chi connectivity index (χ1n) is 7.29. The summed E-state index contributed by atoms with van der Waals surface area (Å²) in [6, 6.07) is 1.45. The Kier molecular flexibility index (Phi) is 4.79. The summed E-state index contributed by atoms with van der Waals surface area (Å²) in [7, 11) is 0. The van der Waals surface area contributed by atoms with Crippen molar-refractivity contribution >= 4 is 23.5 Å². The highest BCUT2D eigenvalue weighted by Crippen LogP contribution is 2.33. The third kappa shape index (κ3) is 3.01. The lowest BCUT2D eigenvalue weighted by Crippen LogP contribution is -2.67. The third-order valence-electron chi connectivity index (χ3n) is 4.42. The maximum atomic E-state index is 3.91. The van der Waals surface area contributed by atoms with Gasteiger partial charge in [0.1, 0.15) is 5.50 Å². The summed E-state index contributed by atoms with van der Waals surface area (Å²) < 4.78 is 0. The van der Waals surface area contributed by atoms with Gasteiger partial charge < -0.3 is 0 Å². The summed E-state index contributed by atoms with van der Waals surface area (Å²) >= 11 is 4.03. The molecule has 1 saturated carbocycles. The minimum Gasteiger partial charge on any atom is -0.298 e. The van der Waals surface area contributed by atoms with Gasteiger partial charge >= 0.3 is 0 Å². The van der Waals surface area contributed by atoms with Gasteiger partial charge in [-0.05, 0) is 31.3 Å². The Balaban J connectivity index is 1.60. The molecule has 104 valence electrons. The largest absolute Gasteiger partial charge is 0.298 e. The number of rotatable bonds is 3. The van der Waals surface area contributed by atoms with Gasteiger partial charge in [0, 0.05) is 17.3 Å². The van der Waals surface area contributed by atoms with Crippen molar-refractivity contribution in [2.75, 3.05) is 12.0 Å². The molecule has 1 aliphatic carbocycles. The Morgan fingerprint density at radius 3 is 2.72 bits per heavy atom. The van der Waals surface area contributed by atoms with Gasteiger partial charge in [-0.2, -0.15) is 11.8 Å². The average molecular weight is 287 g/mol. The molecule has 0 bridgehead atoms. The molecule has 2 aliphatic heterocycles. The van der Waals surface area contributed by atoms with E-state index in [-0.39, 0.29) is 0 Å². The minimum absolute atomic E-state index is 0.422. The fraction of sp³-hybridized carbons (Fsp3) is 1.00. The summed E-state index contributed by atoms with van der Waals surface area (Å²) in [4.78, 5) is 0. The maximum Gasteiger partial charge on any atom is 0.107 e. The second-order valence-corrected chi connectivity index (χ2v) is 7.89. The Bertz CT molecular complexity index is 271. The number of hydrogen-bond donors (Lipinski definition) is 3. The Morgan fingerprint density at radius 2 is 1.94 bits per heavy atom. The van der Waals surface area contributed by atoms with E-state index in [0.29, 0.717) is 17.7 Å². The molecule has 0 aromatic carbocycles. The smallest absolute Gasteiger partial charge is 0.107 e. The molecule has 4 unspecified atom stereocenters. The van der Waals surface area contributed by atoms with Crippen LogP contribution in [0.25, 0.3) is 0 Å². The number of nitrogens with one attached hydrogen (secondary N) is 3. The lowest BCUT2D eigenvalue weighted by atomic mass is 9.94. The third-order valence-corrected chi connectivity index (χ3v) is 6.62. The normalized spacial score (nSPS) is 41.8. The molecular formula is C13H25N3S2. The van der Waals surface area contributed by atoms with Crippen molar-refractivity contribution in [3.63, 3.8) is 0 Å². The number of fused-ring (bicyclic) bond motifs is 1. The lowest BCUT2D eigenvalue weighted by molar-refractivity contribution is 0.236. The first-order valence-corrected chi connectivity index (χ1v) is 9.63. The van der Waals surface area contributed by atoms with Crippen LogP contribution in [0.5, 0.6) is 0 Å². The van der Waals surface area contributed by atoms with Gasteiger partial charge in [-0.3, -0.25) is 16.0 Å². The molecule has 4 atom stereocenters. The Hall–Kier alpha value is 0.580. The highest BCUT2D eigenvalue weighted by atomic mass is 32.2. The summed E-state index contributed by atoms with van der Waals surface area (Å²) in [6.07, 6.45) is 11.0. The van der Waals surface area contributed by atoms with E-state index in [9.17, 15) is 0 Å². The van der Waals surface area contributed by atoms with Gasteiger partial charge in [0.25, 0.3) is 0 Å². The molecule has 0 aromatic rings. The van der Waals surface area contributed by atoms with Crippen LogP contribution in [0.4, 0.5) is 0 Å². The van der Waals surface area contributed by atoms with Crippen LogP contribution in [0.15, 0.2) is 0 Å². The van der Waals surface area contributed by atoms with Crippen LogP contribution in [-0.4, -0.2) is 41.0 Å². The van der Waals surface area contributed by atoms with Crippen LogP contribution in [0.1, 0.15) is 38.5 Å². The van der Waals surface area contributed by atoms with Crippen molar-refractivity contribution in [2.24, 2.45) is 0 Å². The lowest BCUT2D eigenvalue weighted by Gasteiger charge is -2.42. The Morgan fingerprint density at radius 1 is 1.11 bits per heavy atom. The molecule has 3 nitrogen and oxygen atoms in total. The zero-order valence-corrected chi connectivity index (χ0v) is 12.8. The second kappa shape index (κ2) is 6.35. The van der Waals surface area contributed by atoms with Crippen LogP contribution < -0.4 is 16.0 Å². The molecule has 2 saturated heterocycles. The summed E-state index contributed by atoms with van der Waals surface area (Å²) in [5, 5.41) is 12.1. The van der Waals surface area contributed by atoms with E-state index < -0.39 is 0 Å². The van der Waals surface area contributed by atoms with E-state index in [1.165, 1.54) is 44.3 Å². The van der Waals surface area contributed by atoms with E-state index >= 15 is 0 Å². The fourth-order valence-corrected chi connectivity index (χ4v) is 5.47. The zero-order valence-electron chi connectivity index (χ0n) is 11.2. The molecule has 5 heteroatoms. The first kappa shape index (κ1) is 13.6. The molecule has 2 heterocycles. The monoisotopic (exact) mass is 287 g/mol. The molecule has 3 aliphatic rings. The number of hydrogen-bond acceptors (Lipinski definition) is 5. The van der Waals surface area contributed by atoms with Crippen molar-refractivity contribution in [1.82, 2.24) is 16.0 Å². The molecular weight excluding hydrogens is 262 g/mol. The second-order valence-electron chi connectivity index (χ2n) is 5.66. The molecule has 0 radical (unpaired) electrons. The highest BCUT2D eigenvalue weighted by Gasteiger charge is 2.40. The van der Waals surface area contributed by atoms with Crippen molar-refractivity contribution in [3.05, 3.63) is 0 Å². The van der Waals surface area contributed by atoms with E-state index in [1.807, 2.05) is 11.8 Å². The summed E-state index contributed by atoms with van der Waals surface area (Å²) in [5.41, 5.74) is 0.422. The van der Waals surface area contributed by atoms with E-state index in [2.05, 4.69) is 34.0 Å². The predicted octanol–water partition coefficient (Wildman–Crippen LogP) is 1.95. The van der Waals surface area contributed by atoms with Crippen molar-refractivity contribution < 1.29 is 0 Å². The minimum atomic E-state index is 0.422. The van der Waals surface area contributed by atoms with Gasteiger partial charge in [-0.25, -0.2) is 0 Å². The molecule has 0 spiro atoms. The fourth-order valence-electron chi connectivity index (χ4n) is 3.42. The molecule has 3 fully saturated rings. The first-order chi connectivity index (χ1) is 8.86. The van der Waals surface area contributed by atoms with Crippen LogP contribution in [-0.2, 0) is 0 Å². The SMILES string of the molecule is CSC1NC2CCSC2C(NC2CCCCC2)N1. The average Bonchev–Trinajstić information content (AvgIpc) is 2.88. The van der Waals surface area contributed by atoms with Gasteiger partial charge in [0.2, 0.25) is 0 Å². The zero-order chi connectivity index (χ0) is 12.4. The molecule has 0 amide bonds. The highest BCUT2D eigenvalue weighted by molar-refractivity contribution is 8.00. The van der Waals surface area contributed by atoms with Gasteiger partial charge in [-0.15, -0.1) is 11.8 Å². The standard InChI is InChI=1S/C13H25N3S2/c1-17-13-15-10-7-8-18-11(10)12(16-13)14-9-5-3-2-4-6-9/h9-16H,2-8H2,1H3. The van der Waals surface area contributed by atoms with Gasteiger partial charge in [0.15, 0.2) is 0 Å². The summed E-state index contributed by atoms with van der Waals surface area (Å²) in [5.74, 6) is 1.31. The van der Waals surface area contributed by atoms with Crippen LogP contribution in [0.2, 0.25) is 0 Å². The Labute approximate surface area is 119 Å². The van der Waals surface area contributed by atoms with Crippen LogP contribution >= 0.6 is 23.5 Å².